The van der Waals surface area contributed by atoms with Crippen LogP contribution in [0.5, 0.6) is 0 Å². The van der Waals surface area contributed by atoms with Crippen molar-refractivity contribution < 1.29 is 63.6 Å². The van der Waals surface area contributed by atoms with Crippen LogP contribution in [0.15, 0.2) is 24.3 Å². The molecule has 2 saturated heterocycles. The summed E-state index contributed by atoms with van der Waals surface area (Å²) in [6, 6.07) is 2.37. The molecule has 1 aromatic carbocycles. The van der Waals surface area contributed by atoms with Gasteiger partial charge in [0.2, 0.25) is 0 Å². The molecule has 158 valence electrons. The van der Waals surface area contributed by atoms with Gasteiger partial charge >= 0.3 is 35.8 Å². The smallest absolute Gasteiger partial charge is 0.354 e. The van der Waals surface area contributed by atoms with Crippen molar-refractivity contribution in [3.63, 3.8) is 0 Å². The first-order valence-electron chi connectivity index (χ1n) is 7.19. The van der Waals surface area contributed by atoms with Crippen molar-refractivity contribution in [3.05, 3.63) is 35.4 Å². The summed E-state index contributed by atoms with van der Waals surface area (Å²) in [4.78, 5) is 0. The van der Waals surface area contributed by atoms with Gasteiger partial charge in [-0.1, -0.05) is 24.3 Å². The molecule has 28 heavy (non-hydrogen) atoms. The molecule has 0 bridgehead atoms. The molecule has 0 aliphatic carbocycles. The molecule has 0 spiro atoms. The second-order valence-electron chi connectivity index (χ2n) is 6.19. The van der Waals surface area contributed by atoms with Crippen LogP contribution < -0.4 is 0 Å². The van der Waals surface area contributed by atoms with Crippen LogP contribution in [0.4, 0.5) is 43.9 Å². The minimum atomic E-state index is -5.82. The van der Waals surface area contributed by atoms with Gasteiger partial charge in [-0.15, -0.1) is 0 Å². The number of hydrogen-bond acceptors (Lipinski definition) is 4. The number of ether oxygens (including phenoxy) is 2. The van der Waals surface area contributed by atoms with Crippen LogP contribution in [-0.4, -0.2) is 46.0 Å². The van der Waals surface area contributed by atoms with Crippen LogP contribution in [0.25, 0.3) is 0 Å². The monoisotopic (exact) mass is 430 g/mol. The Balaban J connectivity index is 1.80. The van der Waals surface area contributed by atoms with E-state index in [1.807, 2.05) is 0 Å². The average Bonchev–Trinajstić information content (AvgIpc) is 2.55. The van der Waals surface area contributed by atoms with Gasteiger partial charge in [-0.25, -0.2) is 0 Å². The van der Waals surface area contributed by atoms with Gasteiger partial charge in [0.15, 0.2) is 12.2 Å². The Labute approximate surface area is 148 Å². The van der Waals surface area contributed by atoms with E-state index >= 15 is 0 Å². The lowest BCUT2D eigenvalue weighted by atomic mass is 9.86. The molecular weight excluding hydrogens is 422 g/mol. The summed E-state index contributed by atoms with van der Waals surface area (Å²) in [5, 5.41) is 17.9. The average molecular weight is 430 g/mol. The zero-order valence-electron chi connectivity index (χ0n) is 13.0. The molecule has 0 aromatic heterocycles. The van der Waals surface area contributed by atoms with Gasteiger partial charge in [-0.3, -0.25) is 0 Å². The molecule has 2 heterocycles. The molecule has 3 rings (SSSR count). The van der Waals surface area contributed by atoms with E-state index < -0.39 is 59.1 Å². The molecule has 4 unspecified atom stereocenters. The Bertz CT molecular complexity index is 709. The van der Waals surface area contributed by atoms with Crippen LogP contribution in [-0.2, 0) is 9.47 Å². The fraction of sp³-hybridized carbons (Fsp3) is 0.571. The number of aliphatic hydroxyl groups is 2. The third-order valence-electron chi connectivity index (χ3n) is 4.45. The molecule has 2 fully saturated rings. The maximum Gasteiger partial charge on any atom is 0.449 e. The van der Waals surface area contributed by atoms with E-state index in [9.17, 15) is 43.9 Å². The van der Waals surface area contributed by atoms with E-state index in [4.69, 9.17) is 10.2 Å². The first-order chi connectivity index (χ1) is 12.4. The summed E-state index contributed by atoms with van der Waals surface area (Å²) >= 11 is 0. The minimum absolute atomic E-state index is 0.592. The molecule has 4 nitrogen and oxygen atoms in total. The molecule has 4 atom stereocenters. The van der Waals surface area contributed by atoms with Crippen LogP contribution in [0, 0.1) is 0 Å². The van der Waals surface area contributed by atoms with Crippen molar-refractivity contribution >= 4 is 0 Å². The number of rotatable bonds is 2. The number of halogens is 10. The van der Waals surface area contributed by atoms with E-state index in [0.29, 0.717) is 24.3 Å². The van der Waals surface area contributed by atoms with Gasteiger partial charge in [-0.2, -0.15) is 43.9 Å². The zero-order valence-corrected chi connectivity index (χ0v) is 13.0. The molecule has 2 aliphatic rings. The van der Waals surface area contributed by atoms with Crippen molar-refractivity contribution in [2.24, 2.45) is 0 Å². The summed E-state index contributed by atoms with van der Waals surface area (Å²) in [5.74, 6) is -19.1. The summed E-state index contributed by atoms with van der Waals surface area (Å²) in [6.07, 6.45) is -16.8. The van der Waals surface area contributed by atoms with Crippen molar-refractivity contribution in [2.45, 2.75) is 48.0 Å². The lowest BCUT2D eigenvalue weighted by Gasteiger charge is -2.51. The molecule has 2 aliphatic heterocycles. The van der Waals surface area contributed by atoms with Gasteiger partial charge in [0, 0.05) is 0 Å². The number of hydrogen-bond donors (Lipinski definition) is 2. The number of benzene rings is 1. The standard InChI is InChI=1S/C14H8F10O4/c15-9(16)7(27-11(9,25)13(19,20)21)5-1-2-6(4-3-5)8-10(17,18)12(26,28-8)14(22,23)24/h1-4,7-8,25-26H. The third kappa shape index (κ3) is 2.40. The second kappa shape index (κ2) is 5.49. The Hall–Kier alpha value is -1.64. The SMILES string of the molecule is OC1(C(F)(F)F)OC(c2ccc(C3OC(O)(C(F)(F)F)C3(F)F)cc2)C1(F)F. The summed E-state index contributed by atoms with van der Waals surface area (Å²) < 4.78 is 138. The summed E-state index contributed by atoms with van der Waals surface area (Å²) in [5.41, 5.74) is -1.34. The Morgan fingerprint density at radius 1 is 0.643 bits per heavy atom. The largest absolute Gasteiger partial charge is 0.449 e. The van der Waals surface area contributed by atoms with Gasteiger partial charge in [0.25, 0.3) is 0 Å². The molecule has 2 N–H and O–H groups in total. The van der Waals surface area contributed by atoms with Gasteiger partial charge in [0.1, 0.15) is 0 Å². The van der Waals surface area contributed by atoms with Crippen LogP contribution in [0.1, 0.15) is 23.3 Å². The van der Waals surface area contributed by atoms with Crippen molar-refractivity contribution in [1.82, 2.24) is 0 Å². The third-order valence-corrected chi connectivity index (χ3v) is 4.45. The highest BCUT2D eigenvalue weighted by Gasteiger charge is 2.83. The quantitative estimate of drug-likeness (QED) is 0.705. The maximum absolute atomic E-state index is 13.7. The van der Waals surface area contributed by atoms with Gasteiger partial charge < -0.3 is 19.7 Å². The van der Waals surface area contributed by atoms with E-state index in [-0.39, 0.29) is 0 Å². The highest BCUT2D eigenvalue weighted by atomic mass is 19.4. The van der Waals surface area contributed by atoms with Crippen molar-refractivity contribution in [1.29, 1.82) is 0 Å². The lowest BCUT2D eigenvalue weighted by molar-refractivity contribution is -0.529. The van der Waals surface area contributed by atoms with E-state index in [1.165, 1.54) is 0 Å². The van der Waals surface area contributed by atoms with E-state index in [0.717, 1.165) is 0 Å². The van der Waals surface area contributed by atoms with Crippen LogP contribution in [0.3, 0.4) is 0 Å². The lowest BCUT2D eigenvalue weighted by Crippen LogP contribution is -2.72. The normalized spacial score (nSPS) is 37.1. The molecule has 14 heteroatoms. The predicted octanol–water partition coefficient (Wildman–Crippen LogP) is 3.60. The fourth-order valence-electron chi connectivity index (χ4n) is 2.80. The number of alkyl halides is 10. The van der Waals surface area contributed by atoms with E-state index in [1.54, 1.807) is 0 Å². The zero-order chi connectivity index (χ0) is 21.6. The first-order valence-corrected chi connectivity index (χ1v) is 7.19. The molecule has 1 aromatic rings. The summed E-state index contributed by atoms with van der Waals surface area (Å²) in [6.45, 7) is 0. The van der Waals surface area contributed by atoms with Crippen molar-refractivity contribution in [2.75, 3.05) is 0 Å². The fourth-order valence-corrected chi connectivity index (χ4v) is 2.80. The topological polar surface area (TPSA) is 58.9 Å². The Morgan fingerprint density at radius 2 is 0.893 bits per heavy atom. The van der Waals surface area contributed by atoms with Crippen molar-refractivity contribution in [3.8, 4) is 0 Å². The highest BCUT2D eigenvalue weighted by Crippen LogP contribution is 2.62. The van der Waals surface area contributed by atoms with Gasteiger partial charge in [0.05, 0.1) is 0 Å². The molecule has 0 amide bonds. The molecule has 0 radical (unpaired) electrons. The Kier molecular flexibility index (Phi) is 4.13. The van der Waals surface area contributed by atoms with Crippen LogP contribution >= 0.6 is 0 Å². The van der Waals surface area contributed by atoms with E-state index in [2.05, 4.69) is 9.47 Å². The first kappa shape index (κ1) is 21.1. The highest BCUT2D eigenvalue weighted by molar-refractivity contribution is 5.33. The van der Waals surface area contributed by atoms with Gasteiger partial charge in [-0.05, 0) is 11.1 Å². The van der Waals surface area contributed by atoms with Crippen LogP contribution in [0.2, 0.25) is 0 Å². The molecule has 0 saturated carbocycles. The summed E-state index contributed by atoms with van der Waals surface area (Å²) in [7, 11) is 0. The predicted molar refractivity (Wildman–Crippen MR) is 66.0 cm³/mol. The minimum Gasteiger partial charge on any atom is -0.354 e. The Morgan fingerprint density at radius 3 is 1.07 bits per heavy atom. The molecular formula is C14H8F10O4. The second-order valence-corrected chi connectivity index (χ2v) is 6.19. The maximum atomic E-state index is 13.7.